The molecule has 0 fully saturated rings. The van der Waals surface area contributed by atoms with Crippen molar-refractivity contribution in [1.82, 2.24) is 4.98 Å². The fourth-order valence-electron chi connectivity index (χ4n) is 1.80. The largest absolute Gasteiger partial charge is 0.461 e. The molecule has 1 atom stereocenters. The number of rotatable bonds is 2. The Balaban J connectivity index is 2.30. The Morgan fingerprint density at radius 1 is 1.69 bits per heavy atom. The van der Waals surface area contributed by atoms with E-state index in [1.807, 2.05) is 0 Å². The Labute approximate surface area is 91.8 Å². The van der Waals surface area contributed by atoms with E-state index in [1.165, 1.54) is 6.07 Å². The molecule has 0 saturated heterocycles. The Hall–Kier alpha value is -1.65. The van der Waals surface area contributed by atoms with Crippen molar-refractivity contribution in [2.75, 3.05) is 6.61 Å². The van der Waals surface area contributed by atoms with Crippen LogP contribution in [0.5, 0.6) is 0 Å². The maximum atomic E-state index is 13.1. The minimum atomic E-state index is -1.45. The molecular weight excluding hydrogens is 213 g/mol. The Kier molecular flexibility index (Phi) is 2.77. The first-order chi connectivity index (χ1) is 7.63. The Morgan fingerprint density at radius 3 is 3.12 bits per heavy atom. The van der Waals surface area contributed by atoms with Gasteiger partial charge in [0.1, 0.15) is 5.69 Å². The summed E-state index contributed by atoms with van der Waals surface area (Å²) >= 11 is 0. The van der Waals surface area contributed by atoms with E-state index in [1.54, 1.807) is 6.92 Å². The van der Waals surface area contributed by atoms with Crippen molar-refractivity contribution < 1.29 is 18.7 Å². The Morgan fingerprint density at radius 2 is 2.44 bits per heavy atom. The molecule has 1 unspecified atom stereocenters. The lowest BCUT2D eigenvalue weighted by atomic mass is 9.95. The second kappa shape index (κ2) is 4.08. The van der Waals surface area contributed by atoms with E-state index < -0.39 is 17.9 Å². The molecule has 5 heteroatoms. The third-order valence-electron chi connectivity index (χ3n) is 2.59. The van der Waals surface area contributed by atoms with Gasteiger partial charge in [0, 0.05) is 11.3 Å². The van der Waals surface area contributed by atoms with Gasteiger partial charge >= 0.3 is 5.97 Å². The standard InChI is InChI=1S/C11H12FNO3/c1-2-16-11(15)9-5-6-8(13-9)4-3-7(12)10(6)14/h5,7,13H,2-4H2,1H3. The highest BCUT2D eigenvalue weighted by molar-refractivity contribution is 6.03. The van der Waals surface area contributed by atoms with Crippen molar-refractivity contribution in [1.29, 1.82) is 0 Å². The molecule has 1 aromatic heterocycles. The van der Waals surface area contributed by atoms with Gasteiger partial charge in [0.2, 0.25) is 0 Å². The summed E-state index contributed by atoms with van der Waals surface area (Å²) in [5, 5.41) is 0. The monoisotopic (exact) mass is 225 g/mol. The maximum Gasteiger partial charge on any atom is 0.354 e. The van der Waals surface area contributed by atoms with E-state index >= 15 is 0 Å². The molecule has 0 amide bonds. The van der Waals surface area contributed by atoms with Gasteiger partial charge in [0.05, 0.1) is 6.61 Å². The van der Waals surface area contributed by atoms with Crippen LogP contribution in [-0.2, 0) is 11.2 Å². The molecule has 1 aliphatic carbocycles. The van der Waals surface area contributed by atoms with Gasteiger partial charge in [-0.25, -0.2) is 9.18 Å². The third kappa shape index (κ3) is 1.73. The van der Waals surface area contributed by atoms with E-state index in [0.717, 1.165) is 0 Å². The van der Waals surface area contributed by atoms with Crippen LogP contribution in [-0.4, -0.2) is 29.5 Å². The average molecular weight is 225 g/mol. The van der Waals surface area contributed by atoms with Crippen LogP contribution in [0.25, 0.3) is 0 Å². The highest BCUT2D eigenvalue weighted by atomic mass is 19.1. The minimum absolute atomic E-state index is 0.175. The summed E-state index contributed by atoms with van der Waals surface area (Å²) in [7, 11) is 0. The van der Waals surface area contributed by atoms with E-state index in [4.69, 9.17) is 4.74 Å². The van der Waals surface area contributed by atoms with Gasteiger partial charge in [-0.3, -0.25) is 4.79 Å². The van der Waals surface area contributed by atoms with Crippen molar-refractivity contribution in [2.24, 2.45) is 0 Å². The number of alkyl halides is 1. The number of aromatic nitrogens is 1. The number of aryl methyl sites for hydroxylation is 1. The number of carbonyl (C=O) groups excluding carboxylic acids is 2. The molecule has 0 saturated carbocycles. The van der Waals surface area contributed by atoms with Crippen LogP contribution in [0.4, 0.5) is 4.39 Å². The van der Waals surface area contributed by atoms with Gasteiger partial charge in [-0.1, -0.05) is 0 Å². The fraction of sp³-hybridized carbons (Fsp3) is 0.455. The quantitative estimate of drug-likeness (QED) is 0.778. The number of hydrogen-bond donors (Lipinski definition) is 1. The number of hydrogen-bond acceptors (Lipinski definition) is 3. The molecule has 0 aromatic carbocycles. The van der Waals surface area contributed by atoms with Crippen molar-refractivity contribution >= 4 is 11.8 Å². The van der Waals surface area contributed by atoms with Crippen LogP contribution in [0.3, 0.4) is 0 Å². The summed E-state index contributed by atoms with van der Waals surface area (Å²) in [6, 6.07) is 1.38. The molecule has 0 spiro atoms. The first kappa shape index (κ1) is 10.9. The lowest BCUT2D eigenvalue weighted by Gasteiger charge is -2.13. The molecule has 4 nitrogen and oxygen atoms in total. The van der Waals surface area contributed by atoms with E-state index in [9.17, 15) is 14.0 Å². The molecule has 0 aliphatic heterocycles. The predicted molar refractivity (Wildman–Crippen MR) is 54.3 cm³/mol. The summed E-state index contributed by atoms with van der Waals surface area (Å²) in [6.45, 7) is 1.96. The van der Waals surface area contributed by atoms with Gasteiger partial charge in [-0.15, -0.1) is 0 Å². The number of Topliss-reactive ketones (excluding diaryl/α,β-unsaturated/α-hetero) is 1. The fourth-order valence-corrected chi connectivity index (χ4v) is 1.80. The van der Waals surface area contributed by atoms with Crippen LogP contribution in [0.1, 0.15) is 39.9 Å². The number of H-pyrrole nitrogens is 1. The molecule has 0 bridgehead atoms. The SMILES string of the molecule is CCOC(=O)c1cc2c([nH]1)CCC(F)C2=O. The summed E-state index contributed by atoms with van der Waals surface area (Å²) in [4.78, 5) is 25.7. The minimum Gasteiger partial charge on any atom is -0.461 e. The lowest BCUT2D eigenvalue weighted by molar-refractivity contribution is 0.0520. The Bertz CT molecular complexity index is 438. The molecular formula is C11H12FNO3. The molecule has 1 N–H and O–H groups in total. The summed E-state index contributed by atoms with van der Waals surface area (Å²) < 4.78 is 17.9. The van der Waals surface area contributed by atoms with E-state index in [-0.39, 0.29) is 24.3 Å². The number of ether oxygens (including phenoxy) is 1. The van der Waals surface area contributed by atoms with Gasteiger partial charge in [-0.05, 0) is 25.8 Å². The summed E-state index contributed by atoms with van der Waals surface area (Å²) in [6.07, 6.45) is -0.825. The van der Waals surface area contributed by atoms with Gasteiger partial charge in [0.15, 0.2) is 12.0 Å². The number of halogens is 1. The molecule has 0 radical (unpaired) electrons. The first-order valence-corrected chi connectivity index (χ1v) is 5.20. The molecule has 2 rings (SSSR count). The maximum absolute atomic E-state index is 13.1. The van der Waals surface area contributed by atoms with Gasteiger partial charge < -0.3 is 9.72 Å². The molecule has 16 heavy (non-hydrogen) atoms. The number of fused-ring (bicyclic) bond motifs is 1. The van der Waals surface area contributed by atoms with E-state index in [2.05, 4.69) is 4.98 Å². The zero-order valence-corrected chi connectivity index (χ0v) is 8.88. The lowest BCUT2D eigenvalue weighted by Crippen LogP contribution is -2.22. The highest BCUT2D eigenvalue weighted by Crippen LogP contribution is 2.24. The topological polar surface area (TPSA) is 59.2 Å². The smallest absolute Gasteiger partial charge is 0.354 e. The number of nitrogens with one attached hydrogen (secondary N) is 1. The van der Waals surface area contributed by atoms with Gasteiger partial charge in [-0.2, -0.15) is 0 Å². The van der Waals surface area contributed by atoms with E-state index in [0.29, 0.717) is 12.1 Å². The molecule has 1 aromatic rings. The van der Waals surface area contributed by atoms with Crippen molar-refractivity contribution in [3.63, 3.8) is 0 Å². The predicted octanol–water partition coefficient (Wildman–Crippen LogP) is 1.66. The van der Waals surface area contributed by atoms with Crippen LogP contribution in [0.15, 0.2) is 6.07 Å². The highest BCUT2D eigenvalue weighted by Gasteiger charge is 2.30. The number of carbonyl (C=O) groups is 2. The zero-order valence-electron chi connectivity index (χ0n) is 8.88. The average Bonchev–Trinajstić information content (AvgIpc) is 2.69. The van der Waals surface area contributed by atoms with Crippen LogP contribution >= 0.6 is 0 Å². The van der Waals surface area contributed by atoms with Crippen molar-refractivity contribution in [2.45, 2.75) is 25.9 Å². The number of ketones is 1. The van der Waals surface area contributed by atoms with Crippen molar-refractivity contribution in [3.8, 4) is 0 Å². The van der Waals surface area contributed by atoms with Crippen LogP contribution in [0, 0.1) is 0 Å². The third-order valence-corrected chi connectivity index (χ3v) is 2.59. The normalized spacial score (nSPS) is 19.4. The summed E-state index contributed by atoms with van der Waals surface area (Å²) in [5.74, 6) is -1.06. The second-order valence-corrected chi connectivity index (χ2v) is 3.67. The summed E-state index contributed by atoms with van der Waals surface area (Å²) in [5.41, 5.74) is 1.12. The molecule has 1 aliphatic rings. The van der Waals surface area contributed by atoms with Gasteiger partial charge in [0.25, 0.3) is 0 Å². The zero-order chi connectivity index (χ0) is 11.7. The number of aromatic amines is 1. The molecule has 1 heterocycles. The van der Waals surface area contributed by atoms with Crippen LogP contribution in [0.2, 0.25) is 0 Å². The number of esters is 1. The first-order valence-electron chi connectivity index (χ1n) is 5.20. The molecule has 86 valence electrons. The van der Waals surface area contributed by atoms with Crippen LogP contribution < -0.4 is 0 Å². The van der Waals surface area contributed by atoms with Crippen molar-refractivity contribution in [3.05, 3.63) is 23.0 Å². The second-order valence-electron chi connectivity index (χ2n) is 3.67.